The number of nitrogens with one attached hydrogen (secondary N) is 1. The molecule has 3 unspecified atom stereocenters. The van der Waals surface area contributed by atoms with E-state index < -0.39 is 20.0 Å². The van der Waals surface area contributed by atoms with E-state index in [4.69, 9.17) is 9.05 Å². The fourth-order valence-corrected chi connectivity index (χ4v) is 6.95. The second kappa shape index (κ2) is 38.0. The molecule has 0 radical (unpaired) electrons. The summed E-state index contributed by atoms with van der Waals surface area (Å²) in [5.74, 6) is -0.209. The first-order valence-electron chi connectivity index (χ1n) is 22.5. The van der Waals surface area contributed by atoms with Crippen LogP contribution in [0, 0.1) is 0 Å². The monoisotopic (exact) mass is 795 g/mol. The number of aliphatic hydroxyl groups excluding tert-OH is 1. The molecule has 3 atom stereocenters. The highest BCUT2D eigenvalue weighted by Gasteiger charge is 2.23. The number of carbonyl (C=O) groups excluding carboxylic acids is 1. The fourth-order valence-electron chi connectivity index (χ4n) is 6.22. The zero-order valence-electron chi connectivity index (χ0n) is 36.4. The molecular weight excluding hydrogens is 707 g/mol. The lowest BCUT2D eigenvalue weighted by molar-refractivity contribution is -0.870. The second-order valence-electron chi connectivity index (χ2n) is 16.4. The Kier molecular flexibility index (Phi) is 36.9. The van der Waals surface area contributed by atoms with Crippen LogP contribution >= 0.6 is 7.82 Å². The Morgan fingerprint density at radius 3 is 1.62 bits per heavy atom. The predicted molar refractivity (Wildman–Crippen MR) is 233 cm³/mol. The topological polar surface area (TPSA) is 108 Å². The average molecular weight is 795 g/mol. The van der Waals surface area contributed by atoms with Crippen LogP contribution < -0.4 is 10.2 Å². The SMILES string of the molecule is CC/C=C\C/C=C\C/C=C\CCCCCCCCCC(=O)NC(COP(=O)([O-])OCC[N+](C)(C)C)C(O)/C=C/CCCCCCCCCCCCCCCC. The number of quaternary nitrogens is 1. The molecule has 0 aliphatic carbocycles. The fraction of sp³-hybridized carbons (Fsp3) is 0.804. The lowest BCUT2D eigenvalue weighted by Gasteiger charge is -2.29. The Morgan fingerprint density at radius 1 is 0.655 bits per heavy atom. The van der Waals surface area contributed by atoms with Crippen LogP contribution in [0.1, 0.15) is 187 Å². The van der Waals surface area contributed by atoms with Gasteiger partial charge in [0, 0.05) is 6.42 Å². The molecule has 8 nitrogen and oxygen atoms in total. The van der Waals surface area contributed by atoms with Crippen LogP contribution in [0.25, 0.3) is 0 Å². The highest BCUT2D eigenvalue weighted by Crippen LogP contribution is 2.38. The maximum atomic E-state index is 12.9. The standard InChI is InChI=1S/C46H87N2O6P/c1-6-8-10-12-14-16-18-20-22-24-26-28-30-32-34-36-38-40-46(50)47-44(43-54-55(51,52)53-42-41-48(3,4)5)45(49)39-37-35-33-31-29-27-25-23-21-19-17-15-13-11-9-7-2/h8,10,14,16,20,22,37,39,44-45,49H,6-7,9,11-13,15,17-19,21,23-36,38,40-43H2,1-5H3,(H-,47,50,51,52)/b10-8-,16-14-,22-20-,39-37+. The van der Waals surface area contributed by atoms with Gasteiger partial charge in [0.2, 0.25) is 5.91 Å². The van der Waals surface area contributed by atoms with Crippen molar-refractivity contribution in [2.24, 2.45) is 0 Å². The van der Waals surface area contributed by atoms with Crippen molar-refractivity contribution in [1.82, 2.24) is 5.32 Å². The number of nitrogens with zero attached hydrogens (tertiary/aromatic N) is 1. The zero-order valence-corrected chi connectivity index (χ0v) is 37.3. The Labute approximate surface area is 339 Å². The lowest BCUT2D eigenvalue weighted by atomic mass is 10.0. The van der Waals surface area contributed by atoms with E-state index in [0.29, 0.717) is 17.4 Å². The van der Waals surface area contributed by atoms with Crippen LogP contribution in [0.4, 0.5) is 0 Å². The van der Waals surface area contributed by atoms with Crippen molar-refractivity contribution in [3.05, 3.63) is 48.6 Å². The predicted octanol–water partition coefficient (Wildman–Crippen LogP) is 11.8. The Balaban J connectivity index is 4.44. The molecule has 0 saturated carbocycles. The molecule has 0 spiro atoms. The van der Waals surface area contributed by atoms with Crippen LogP contribution in [0.3, 0.4) is 0 Å². The molecule has 0 aromatic carbocycles. The number of phosphoric ester groups is 1. The molecule has 0 aliphatic heterocycles. The molecule has 0 aliphatic rings. The number of aliphatic hydroxyl groups is 1. The van der Waals surface area contributed by atoms with E-state index in [9.17, 15) is 19.4 Å². The van der Waals surface area contributed by atoms with Gasteiger partial charge < -0.3 is 28.8 Å². The van der Waals surface area contributed by atoms with E-state index in [2.05, 4.69) is 55.6 Å². The smallest absolute Gasteiger partial charge is 0.268 e. The summed E-state index contributed by atoms with van der Waals surface area (Å²) in [6, 6.07) is -0.891. The molecule has 55 heavy (non-hydrogen) atoms. The summed E-state index contributed by atoms with van der Waals surface area (Å²) in [5, 5.41) is 13.8. The van der Waals surface area contributed by atoms with Gasteiger partial charge in [-0.15, -0.1) is 0 Å². The first-order chi connectivity index (χ1) is 26.5. The average Bonchev–Trinajstić information content (AvgIpc) is 3.13. The summed E-state index contributed by atoms with van der Waals surface area (Å²) in [6.45, 7) is 4.52. The number of carbonyl (C=O) groups is 1. The van der Waals surface area contributed by atoms with Crippen molar-refractivity contribution >= 4 is 13.7 Å². The first kappa shape index (κ1) is 53.5. The maximum absolute atomic E-state index is 12.9. The van der Waals surface area contributed by atoms with Crippen molar-refractivity contribution in [2.45, 2.75) is 199 Å². The van der Waals surface area contributed by atoms with Gasteiger partial charge in [-0.1, -0.05) is 178 Å². The van der Waals surface area contributed by atoms with Gasteiger partial charge in [-0.05, 0) is 51.4 Å². The number of likely N-dealkylation sites (N-methyl/N-ethyl adjacent to an activating group) is 1. The zero-order chi connectivity index (χ0) is 40.7. The molecule has 0 fully saturated rings. The third-order valence-corrected chi connectivity index (χ3v) is 10.8. The minimum absolute atomic E-state index is 0.00452. The normalized spacial score (nSPS) is 14.8. The molecule has 0 rings (SSSR count). The lowest BCUT2D eigenvalue weighted by Crippen LogP contribution is -2.45. The van der Waals surface area contributed by atoms with Gasteiger partial charge in [0.15, 0.2) is 0 Å². The molecule has 0 saturated heterocycles. The van der Waals surface area contributed by atoms with E-state index in [1.54, 1.807) is 6.08 Å². The number of phosphoric acid groups is 1. The number of hydrogen-bond donors (Lipinski definition) is 2. The van der Waals surface area contributed by atoms with E-state index in [1.807, 2.05) is 27.2 Å². The van der Waals surface area contributed by atoms with E-state index >= 15 is 0 Å². The maximum Gasteiger partial charge on any atom is 0.268 e. The Hall–Kier alpha value is -1.54. The van der Waals surface area contributed by atoms with Crippen molar-refractivity contribution in [1.29, 1.82) is 0 Å². The second-order valence-corrected chi connectivity index (χ2v) is 17.8. The highest BCUT2D eigenvalue weighted by atomic mass is 31.2. The third kappa shape index (κ3) is 40.5. The van der Waals surface area contributed by atoms with Crippen LogP contribution in [0.2, 0.25) is 0 Å². The minimum Gasteiger partial charge on any atom is -0.756 e. The van der Waals surface area contributed by atoms with Gasteiger partial charge in [-0.3, -0.25) is 9.36 Å². The molecule has 322 valence electrons. The number of allylic oxidation sites excluding steroid dienone is 7. The van der Waals surface area contributed by atoms with E-state index in [1.165, 1.54) is 96.3 Å². The highest BCUT2D eigenvalue weighted by molar-refractivity contribution is 7.45. The molecular formula is C46H87N2O6P. The van der Waals surface area contributed by atoms with Crippen LogP contribution in [-0.4, -0.2) is 68.5 Å². The summed E-state index contributed by atoms with van der Waals surface area (Å²) in [7, 11) is 1.25. The molecule has 9 heteroatoms. The molecule has 0 aromatic rings. The molecule has 0 aromatic heterocycles. The number of amides is 1. The minimum atomic E-state index is -4.59. The summed E-state index contributed by atoms with van der Waals surface area (Å²) in [5.41, 5.74) is 0. The Morgan fingerprint density at radius 2 is 1.11 bits per heavy atom. The van der Waals surface area contributed by atoms with Crippen LogP contribution in [0.5, 0.6) is 0 Å². The molecule has 1 amide bonds. The van der Waals surface area contributed by atoms with Crippen molar-refractivity contribution in [3.63, 3.8) is 0 Å². The van der Waals surface area contributed by atoms with E-state index in [0.717, 1.165) is 70.6 Å². The number of rotatable bonds is 40. The van der Waals surface area contributed by atoms with Crippen molar-refractivity contribution in [2.75, 3.05) is 40.9 Å². The molecule has 0 heterocycles. The first-order valence-corrected chi connectivity index (χ1v) is 24.0. The number of unbranched alkanes of at least 4 members (excludes halogenated alkanes) is 21. The summed E-state index contributed by atoms with van der Waals surface area (Å²) in [4.78, 5) is 25.3. The van der Waals surface area contributed by atoms with Crippen LogP contribution in [-0.2, 0) is 18.4 Å². The summed E-state index contributed by atoms with van der Waals surface area (Å²) in [6.07, 6.45) is 47.2. The van der Waals surface area contributed by atoms with Crippen LogP contribution in [0.15, 0.2) is 48.6 Å². The van der Waals surface area contributed by atoms with Gasteiger partial charge in [0.25, 0.3) is 7.82 Å². The van der Waals surface area contributed by atoms with Crippen molar-refractivity contribution in [3.8, 4) is 0 Å². The van der Waals surface area contributed by atoms with Gasteiger partial charge in [0.05, 0.1) is 39.9 Å². The van der Waals surface area contributed by atoms with Gasteiger partial charge in [0.1, 0.15) is 13.2 Å². The number of hydrogen-bond acceptors (Lipinski definition) is 6. The third-order valence-electron chi connectivity index (χ3n) is 9.79. The Bertz CT molecular complexity index is 1040. The summed E-state index contributed by atoms with van der Waals surface area (Å²) >= 11 is 0. The summed E-state index contributed by atoms with van der Waals surface area (Å²) < 4.78 is 23.2. The molecule has 2 N–H and O–H groups in total. The van der Waals surface area contributed by atoms with Gasteiger partial charge in [-0.25, -0.2) is 0 Å². The van der Waals surface area contributed by atoms with E-state index in [-0.39, 0.29) is 19.1 Å². The molecule has 0 bridgehead atoms. The van der Waals surface area contributed by atoms with Crippen molar-refractivity contribution < 1.29 is 32.9 Å². The largest absolute Gasteiger partial charge is 0.756 e. The van der Waals surface area contributed by atoms with Gasteiger partial charge >= 0.3 is 0 Å². The van der Waals surface area contributed by atoms with Gasteiger partial charge in [-0.2, -0.15) is 0 Å². The quantitative estimate of drug-likeness (QED) is 0.0277.